The van der Waals surface area contributed by atoms with Crippen LogP contribution in [0.25, 0.3) is 6.08 Å². The van der Waals surface area contributed by atoms with E-state index in [-0.39, 0.29) is 5.75 Å². The lowest BCUT2D eigenvalue weighted by atomic mass is 9.98. The summed E-state index contributed by atoms with van der Waals surface area (Å²) in [6.45, 7) is 0.873. The first-order valence-electron chi connectivity index (χ1n) is 13.0. The Hall–Kier alpha value is -3.64. The van der Waals surface area contributed by atoms with Crippen molar-refractivity contribution in [3.63, 3.8) is 0 Å². The average molecular weight is 615 g/mol. The molecule has 3 rings (SSSR count). The summed E-state index contributed by atoms with van der Waals surface area (Å²) in [5.74, 6) is -5.99. The van der Waals surface area contributed by atoms with Crippen molar-refractivity contribution in [2.24, 2.45) is 0 Å². The van der Waals surface area contributed by atoms with Crippen LogP contribution in [-0.2, 0) is 52.3 Å². The highest BCUT2D eigenvalue weighted by atomic mass is 16.8. The van der Waals surface area contributed by atoms with Crippen molar-refractivity contribution in [3.8, 4) is 5.75 Å². The van der Waals surface area contributed by atoms with E-state index in [0.717, 1.165) is 26.8 Å². The normalized spacial score (nSPS) is 32.3. The van der Waals surface area contributed by atoms with Crippen LogP contribution in [0.3, 0.4) is 0 Å². The van der Waals surface area contributed by atoms with Crippen molar-refractivity contribution >= 4 is 30.0 Å². The van der Waals surface area contributed by atoms with E-state index in [1.54, 1.807) is 0 Å². The van der Waals surface area contributed by atoms with Gasteiger partial charge in [-0.05, 0) is 23.8 Å². The monoisotopic (exact) mass is 614 g/mol. The zero-order valence-corrected chi connectivity index (χ0v) is 23.4. The van der Waals surface area contributed by atoms with E-state index in [9.17, 15) is 44.7 Å². The molecule has 16 nitrogen and oxygen atoms in total. The van der Waals surface area contributed by atoms with Gasteiger partial charge in [-0.25, -0.2) is 4.79 Å². The summed E-state index contributed by atoms with van der Waals surface area (Å²) in [4.78, 5) is 47.8. The Labute approximate surface area is 245 Å². The van der Waals surface area contributed by atoms with Gasteiger partial charge in [0.05, 0.1) is 6.61 Å². The van der Waals surface area contributed by atoms with Crippen LogP contribution in [0.5, 0.6) is 5.75 Å². The van der Waals surface area contributed by atoms with Crippen molar-refractivity contribution in [3.05, 3.63) is 35.9 Å². The van der Waals surface area contributed by atoms with Gasteiger partial charge in [-0.15, -0.1) is 0 Å². The number of aliphatic hydroxyl groups excluding tert-OH is 4. The number of phenols is 1. The Bertz CT molecular complexity index is 1170. The molecule has 0 bridgehead atoms. The molecule has 5 N–H and O–H groups in total. The van der Waals surface area contributed by atoms with Crippen LogP contribution in [0.15, 0.2) is 30.3 Å². The zero-order chi connectivity index (χ0) is 31.9. The Kier molecular flexibility index (Phi) is 11.6. The molecule has 2 aliphatic heterocycles. The number of carbonyl (C=O) groups excluding carboxylic acids is 4. The summed E-state index contributed by atoms with van der Waals surface area (Å²) in [5.41, 5.74) is 0.500. The summed E-state index contributed by atoms with van der Waals surface area (Å²) >= 11 is 0. The quantitative estimate of drug-likeness (QED) is 0.106. The molecular formula is C27H34O16. The third kappa shape index (κ3) is 8.70. The lowest BCUT2D eigenvalue weighted by Crippen LogP contribution is -2.64. The number of carbonyl (C=O) groups is 4. The molecule has 2 heterocycles. The van der Waals surface area contributed by atoms with E-state index >= 15 is 0 Å². The van der Waals surface area contributed by atoms with Crippen LogP contribution < -0.4 is 0 Å². The third-order valence-electron chi connectivity index (χ3n) is 6.39. The number of phenolic OH excluding ortho intramolecular Hbond substituents is 1. The highest BCUT2D eigenvalue weighted by Crippen LogP contribution is 2.39. The highest BCUT2D eigenvalue weighted by molar-refractivity contribution is 5.87. The molecule has 0 saturated carbocycles. The van der Waals surface area contributed by atoms with E-state index in [4.69, 9.17) is 33.2 Å². The number of rotatable bonds is 11. The molecule has 2 fully saturated rings. The first-order chi connectivity index (χ1) is 20.3. The predicted molar refractivity (Wildman–Crippen MR) is 138 cm³/mol. The van der Waals surface area contributed by atoms with E-state index in [2.05, 4.69) is 0 Å². The maximum absolute atomic E-state index is 12.8. The minimum Gasteiger partial charge on any atom is -0.508 e. The van der Waals surface area contributed by atoms with Crippen molar-refractivity contribution in [1.29, 1.82) is 0 Å². The minimum atomic E-state index is -2.43. The smallest absolute Gasteiger partial charge is 0.331 e. The number of esters is 4. The Balaban J connectivity index is 1.97. The molecular weight excluding hydrogens is 580 g/mol. The van der Waals surface area contributed by atoms with Crippen LogP contribution in [0.4, 0.5) is 0 Å². The fraction of sp³-hybridized carbons (Fsp3) is 0.556. The topological polar surface area (TPSA) is 234 Å². The van der Waals surface area contributed by atoms with Gasteiger partial charge in [-0.3, -0.25) is 14.4 Å². The SMILES string of the molecule is CC(=O)OC[C@H]1O[C@H](O[C@]2(COC(C)=O)O[C@H](CO)[C@@H](O)[C@@H]2OC(=O)C=Cc2ccc(O)cc2)[C@H](OC(C)=O)[C@@H](O)[C@@H]1O. The van der Waals surface area contributed by atoms with Crippen LogP contribution in [0.2, 0.25) is 0 Å². The number of aliphatic hydroxyl groups is 4. The summed E-state index contributed by atoms with van der Waals surface area (Å²) in [6.07, 6.45) is -11.4. The average Bonchev–Trinajstić information content (AvgIpc) is 3.20. The predicted octanol–water partition coefficient (Wildman–Crippen LogP) is -1.71. The third-order valence-corrected chi connectivity index (χ3v) is 6.39. The van der Waals surface area contributed by atoms with Gasteiger partial charge in [-0.1, -0.05) is 12.1 Å². The first kappa shape index (κ1) is 33.9. The van der Waals surface area contributed by atoms with Crippen LogP contribution in [0, 0.1) is 0 Å². The van der Waals surface area contributed by atoms with Gasteiger partial charge in [0, 0.05) is 26.8 Å². The maximum atomic E-state index is 12.8. The molecule has 9 atom stereocenters. The van der Waals surface area contributed by atoms with E-state index in [1.807, 2.05) is 0 Å². The van der Waals surface area contributed by atoms with Gasteiger partial charge in [0.1, 0.15) is 49.5 Å². The molecule has 16 heteroatoms. The molecule has 0 aliphatic carbocycles. The molecule has 0 aromatic heterocycles. The molecule has 43 heavy (non-hydrogen) atoms. The van der Waals surface area contributed by atoms with Gasteiger partial charge in [0.2, 0.25) is 12.1 Å². The van der Waals surface area contributed by atoms with Crippen molar-refractivity contribution in [2.75, 3.05) is 19.8 Å². The molecule has 0 unspecified atom stereocenters. The molecule has 238 valence electrons. The maximum Gasteiger partial charge on any atom is 0.331 e. The molecule has 0 amide bonds. The lowest BCUT2D eigenvalue weighted by Gasteiger charge is -2.44. The van der Waals surface area contributed by atoms with Crippen LogP contribution >= 0.6 is 0 Å². The number of aromatic hydroxyl groups is 1. The van der Waals surface area contributed by atoms with E-state index in [1.165, 1.54) is 30.3 Å². The fourth-order valence-electron chi connectivity index (χ4n) is 4.37. The minimum absolute atomic E-state index is 0.00174. The summed E-state index contributed by atoms with van der Waals surface area (Å²) in [5, 5.41) is 51.5. The second kappa shape index (κ2) is 14.7. The number of hydrogen-bond donors (Lipinski definition) is 5. The van der Waals surface area contributed by atoms with Gasteiger partial charge >= 0.3 is 23.9 Å². The molecule has 2 aliphatic rings. The number of benzene rings is 1. The standard InChI is InChI=1S/C27H34O16/c1-13(29)37-11-19-21(34)23(36)24(39-15(3)31)26(40-19)43-27(12-38-14(2)30)25(22(35)18(10-28)42-27)41-20(33)9-6-16-4-7-17(32)8-5-16/h4-9,18-19,21-26,28,32,34-36H,10-12H2,1-3H3/t18-,19-,21-,22-,23+,24-,25+,26-,27+/m1/s1. The second-order valence-corrected chi connectivity index (χ2v) is 9.72. The fourth-order valence-corrected chi connectivity index (χ4v) is 4.37. The van der Waals surface area contributed by atoms with E-state index < -0.39 is 98.5 Å². The van der Waals surface area contributed by atoms with E-state index in [0.29, 0.717) is 5.56 Å². The molecule has 1 aromatic carbocycles. The summed E-state index contributed by atoms with van der Waals surface area (Å²) in [7, 11) is 0. The highest BCUT2D eigenvalue weighted by Gasteiger charge is 2.62. The first-order valence-corrected chi connectivity index (χ1v) is 13.0. The van der Waals surface area contributed by atoms with Gasteiger partial charge in [0.25, 0.3) is 0 Å². The van der Waals surface area contributed by atoms with Crippen LogP contribution in [-0.4, -0.2) is 124 Å². The second-order valence-electron chi connectivity index (χ2n) is 9.72. The van der Waals surface area contributed by atoms with Crippen molar-refractivity contribution in [2.45, 2.75) is 75.6 Å². The summed E-state index contributed by atoms with van der Waals surface area (Å²) in [6, 6.07) is 5.77. The molecule has 1 aromatic rings. The Morgan fingerprint density at radius 2 is 1.53 bits per heavy atom. The number of hydrogen-bond acceptors (Lipinski definition) is 16. The molecule has 0 radical (unpaired) electrons. The molecule has 0 spiro atoms. The zero-order valence-electron chi connectivity index (χ0n) is 23.4. The van der Waals surface area contributed by atoms with Gasteiger partial charge in [0.15, 0.2) is 12.2 Å². The Morgan fingerprint density at radius 3 is 2.12 bits per heavy atom. The number of ether oxygens (including phenoxy) is 7. The Morgan fingerprint density at radius 1 is 0.884 bits per heavy atom. The summed E-state index contributed by atoms with van der Waals surface area (Å²) < 4.78 is 37.8. The van der Waals surface area contributed by atoms with Crippen molar-refractivity contribution in [1.82, 2.24) is 0 Å². The van der Waals surface area contributed by atoms with Gasteiger partial charge < -0.3 is 58.7 Å². The largest absolute Gasteiger partial charge is 0.508 e. The van der Waals surface area contributed by atoms with Gasteiger partial charge in [-0.2, -0.15) is 0 Å². The van der Waals surface area contributed by atoms with Crippen molar-refractivity contribution < 1.29 is 77.9 Å². The van der Waals surface area contributed by atoms with Crippen LogP contribution in [0.1, 0.15) is 26.3 Å². The molecule has 2 saturated heterocycles. The lowest BCUT2D eigenvalue weighted by molar-refractivity contribution is -0.384.